The van der Waals surface area contributed by atoms with Crippen molar-refractivity contribution in [3.8, 4) is 23.5 Å². The smallest absolute Gasteiger partial charge is 0.444 e. The maximum absolute atomic E-state index is 15.4. The normalized spacial score (nSPS) is 19.5. The maximum Gasteiger partial charge on any atom is 0.472 e. The Bertz CT molecular complexity index is 4780. The van der Waals surface area contributed by atoms with Gasteiger partial charge < -0.3 is 73.3 Å². The van der Waals surface area contributed by atoms with Gasteiger partial charge in [-0.15, -0.1) is 0 Å². The molecule has 2 saturated heterocycles. The minimum Gasteiger partial charge on any atom is -0.444 e. The van der Waals surface area contributed by atoms with Gasteiger partial charge in [-0.2, -0.15) is 19.9 Å². The van der Waals surface area contributed by atoms with Crippen LogP contribution in [-0.2, 0) is 41.6 Å². The first-order valence-corrected chi connectivity index (χ1v) is 40.1. The number of piperidine rings is 2. The van der Waals surface area contributed by atoms with E-state index < -0.39 is 84.5 Å². The number of amides is 4. The summed E-state index contributed by atoms with van der Waals surface area (Å²) >= 11 is 9.86. The molecule has 2 aliphatic heterocycles. The van der Waals surface area contributed by atoms with Gasteiger partial charge in [-0.05, 0) is 195 Å². The molecule has 1 unspecified atom stereocenters. The predicted octanol–water partition coefficient (Wildman–Crippen LogP) is 15.3. The number of aromatic amines is 2. The van der Waals surface area contributed by atoms with Crippen LogP contribution in [0.15, 0.2) is 49.1 Å². The number of benzene rings is 2. The van der Waals surface area contributed by atoms with Gasteiger partial charge in [0.25, 0.3) is 0 Å². The lowest BCUT2D eigenvalue weighted by atomic mass is 10.0. The van der Waals surface area contributed by atoms with E-state index in [1.165, 1.54) is 79.9 Å². The number of carbonyl (C=O) groups is 4. The van der Waals surface area contributed by atoms with Crippen molar-refractivity contribution in [2.24, 2.45) is 11.8 Å². The molecule has 4 aliphatic rings. The van der Waals surface area contributed by atoms with Crippen LogP contribution in [-0.4, -0.2) is 171 Å². The molecule has 592 valence electrons. The van der Waals surface area contributed by atoms with Crippen molar-refractivity contribution >= 4 is 128 Å². The number of nitrogens with one attached hydrogen (secondary N) is 4. The van der Waals surface area contributed by atoms with Crippen LogP contribution in [0, 0.1) is 23.5 Å². The van der Waals surface area contributed by atoms with Crippen LogP contribution < -0.4 is 39.7 Å². The zero-order chi connectivity index (χ0) is 79.9. The van der Waals surface area contributed by atoms with E-state index in [-0.39, 0.29) is 95.8 Å². The van der Waals surface area contributed by atoms with Gasteiger partial charge in [0.1, 0.15) is 69.2 Å². The Morgan fingerprint density at radius 1 is 0.596 bits per heavy atom. The minimum absolute atomic E-state index is 0.00817. The highest BCUT2D eigenvalue weighted by Crippen LogP contribution is 2.57. The third-order valence-corrected chi connectivity index (χ3v) is 19.6. The average Bonchev–Trinajstić information content (AvgIpc) is 1.58. The Morgan fingerprint density at radius 3 is 1.29 bits per heavy atom. The Kier molecular flexibility index (Phi) is 24.6. The number of fused-ring (bicyclic) bond motifs is 10. The summed E-state index contributed by atoms with van der Waals surface area (Å²) in [6.45, 7) is 29.0. The zero-order valence-electron chi connectivity index (χ0n) is 63.7. The summed E-state index contributed by atoms with van der Waals surface area (Å²) in [7, 11) is -1.29. The number of hydrogen-bond acceptors (Lipinski definition) is 26. The second kappa shape index (κ2) is 32.3. The van der Waals surface area contributed by atoms with Gasteiger partial charge in [-0.3, -0.25) is 23.4 Å². The lowest BCUT2D eigenvalue weighted by Crippen LogP contribution is -2.47. The summed E-state index contributed by atoms with van der Waals surface area (Å²) in [5, 5.41) is 17.8. The fourth-order valence-electron chi connectivity index (χ4n) is 13.2. The van der Waals surface area contributed by atoms with Crippen molar-refractivity contribution < 1.29 is 89.1 Å². The van der Waals surface area contributed by atoms with Gasteiger partial charge >= 0.3 is 50.3 Å². The number of phosphoric acid groups is 1. The SMILES string of the molecule is CCOP(=O)(Cl)Cl.CCOP(=O)(O)O[C@H](C)c1ncc(Oc2nc(N3C[C@H]4C[C@@H]3C[C@H]4NC(=O)OC(C)(C)C)c3c(n2)[nH]c2c(N(C)C(=O)OC(C)(C)C)cc(F)cc23)cn1.C[C@@H](O)c1ncc(Oc2nc(N3C[C@H]4C[C@@H]3C[C@H]4NC(=O)OC(C)(C)C)c3c(n2)[nH]c2c(N(C)C(=O)OC(C)(C)C)cc(F)cc23)cn1. The van der Waals surface area contributed by atoms with Crippen LogP contribution in [0.1, 0.15) is 160 Å². The molecule has 0 spiro atoms. The highest BCUT2D eigenvalue weighted by atomic mass is 35.9. The number of hydrogen-bond donors (Lipinski definition) is 6. The molecular formula is C70H92Cl2F2N16O17P2. The summed E-state index contributed by atoms with van der Waals surface area (Å²) in [6.07, 6.45) is 1.08. The molecule has 12 rings (SSSR count). The minimum atomic E-state index is -4.30. The fourth-order valence-corrected chi connectivity index (χ4v) is 15.0. The van der Waals surface area contributed by atoms with E-state index in [2.05, 4.69) is 64.8 Å². The summed E-state index contributed by atoms with van der Waals surface area (Å²) in [5.74, 6) is 0.796. The number of alkyl carbamates (subject to hydrolysis) is 2. The van der Waals surface area contributed by atoms with Gasteiger partial charge in [0.05, 0.1) is 71.2 Å². The van der Waals surface area contributed by atoms with Gasteiger partial charge in [0, 0.05) is 62.1 Å². The Morgan fingerprint density at radius 2 is 0.972 bits per heavy atom. The molecule has 0 radical (unpaired) electrons. The molecular weight excluding hydrogens is 1510 g/mol. The quantitative estimate of drug-likeness (QED) is 0.0343. The number of aliphatic hydroxyl groups excluding tert-OH is 1. The number of H-pyrrole nitrogens is 2. The molecule has 4 fully saturated rings. The summed E-state index contributed by atoms with van der Waals surface area (Å²) in [4.78, 5) is 110. The Labute approximate surface area is 637 Å². The molecule has 9 atom stereocenters. The van der Waals surface area contributed by atoms with Crippen LogP contribution in [0.2, 0.25) is 0 Å². The second-order valence-corrected chi connectivity index (χ2v) is 36.3. The molecule has 2 saturated carbocycles. The molecule has 109 heavy (non-hydrogen) atoms. The predicted molar refractivity (Wildman–Crippen MR) is 403 cm³/mol. The van der Waals surface area contributed by atoms with E-state index >= 15 is 8.78 Å². The monoisotopic (exact) mass is 1600 g/mol. The first kappa shape index (κ1) is 82.8. The van der Waals surface area contributed by atoms with Crippen LogP contribution in [0.25, 0.3) is 43.9 Å². The zero-order valence-corrected chi connectivity index (χ0v) is 67.0. The molecule has 33 nitrogen and oxygen atoms in total. The maximum atomic E-state index is 15.4. The molecule has 39 heteroatoms. The number of ether oxygens (including phenoxy) is 6. The van der Waals surface area contributed by atoms with Crippen LogP contribution in [0.4, 0.5) is 51.0 Å². The van der Waals surface area contributed by atoms with E-state index in [1.807, 2.05) is 41.5 Å². The number of nitrogens with zero attached hydrogens (tertiary/aromatic N) is 12. The third-order valence-electron chi connectivity index (χ3n) is 17.3. The number of anilines is 4. The standard InChI is InChI=1S/C35H46FN8O9P.C33H41FN8O6.C2H5Cl2O2P/c1-10-49-54(47,48)53-18(2)28-37-15-22(16-38-28)50-31-41-29-26(23-12-20(36)13-25(27(23)40-29)43(9)33(46)52-35(6,7)8)30(42-31)44-17-19-11-21(44)14-24(19)39-32(45)51-34(3,4)5;1-16(43)26-35-13-20(14-36-26)46-29-39-27-24(21-10-18(34)11-23(25(21)38-27)41(8)31(45)48-33(5,6)7)28(40-29)42-15-17-9-19(42)12-22(17)37-30(44)47-32(2,3)4;1-2-6-7(3,4)5/h12-13,15-16,18-19,21,24H,10-11,14,17H2,1-9H3,(H,39,45)(H,47,48)(H,40,41,42);10-11,13-14,16-17,19,22,43H,9,12,15H2,1-8H3,(H,37,44)(H,38,39,40);2H2,1H3/t18-,19-,21-,24-;16-,17-,19-,22-;/m11./s1. The van der Waals surface area contributed by atoms with Gasteiger partial charge in [0.15, 0.2) is 23.1 Å². The third kappa shape index (κ3) is 20.9. The number of rotatable bonds is 18. The van der Waals surface area contributed by atoms with Gasteiger partial charge in [0.2, 0.25) is 0 Å². The first-order valence-electron chi connectivity index (χ1n) is 35.2. The number of halogens is 4. The van der Waals surface area contributed by atoms with Crippen molar-refractivity contribution in [1.82, 2.24) is 60.5 Å². The van der Waals surface area contributed by atoms with Crippen LogP contribution in [0.3, 0.4) is 0 Å². The van der Waals surface area contributed by atoms with Crippen molar-refractivity contribution in [1.29, 1.82) is 0 Å². The number of aromatic nitrogens is 10. The lowest BCUT2D eigenvalue weighted by Gasteiger charge is -2.33. The van der Waals surface area contributed by atoms with E-state index in [4.69, 9.17) is 69.9 Å². The molecule has 6 N–H and O–H groups in total. The molecule has 8 heterocycles. The average molecular weight is 1600 g/mol. The van der Waals surface area contributed by atoms with Crippen molar-refractivity contribution in [3.63, 3.8) is 0 Å². The van der Waals surface area contributed by atoms with Crippen molar-refractivity contribution in [2.45, 2.75) is 195 Å². The first-order chi connectivity index (χ1) is 50.7. The van der Waals surface area contributed by atoms with E-state index in [9.17, 15) is 38.3 Å². The largest absolute Gasteiger partial charge is 0.472 e. The summed E-state index contributed by atoms with van der Waals surface area (Å²) in [6, 6.07) is 4.96. The van der Waals surface area contributed by atoms with Crippen LogP contribution in [0.5, 0.6) is 23.5 Å². The number of carbonyl (C=O) groups excluding carboxylic acids is 4. The van der Waals surface area contributed by atoms with E-state index in [1.54, 1.807) is 62.3 Å². The van der Waals surface area contributed by atoms with Gasteiger partial charge in [-0.25, -0.2) is 52.5 Å². The van der Waals surface area contributed by atoms with Crippen molar-refractivity contribution in [3.05, 3.63) is 72.3 Å². The molecule has 8 aromatic rings. The van der Waals surface area contributed by atoms with Crippen LogP contribution >= 0.6 is 36.4 Å². The second-order valence-electron chi connectivity index (χ2n) is 30.6. The topological polar surface area (TPSA) is 398 Å². The highest BCUT2D eigenvalue weighted by Gasteiger charge is 2.49. The summed E-state index contributed by atoms with van der Waals surface area (Å²) in [5.41, 5.74) is -0.734. The van der Waals surface area contributed by atoms with Gasteiger partial charge in [-0.1, -0.05) is 0 Å². The highest BCUT2D eigenvalue weighted by molar-refractivity contribution is 8.05. The molecule has 4 bridgehead atoms. The molecule has 6 aromatic heterocycles. The Balaban J connectivity index is 0.000000215. The molecule has 2 aliphatic carbocycles. The Hall–Kier alpha value is -8.66. The van der Waals surface area contributed by atoms with E-state index in [0.717, 1.165) is 12.8 Å². The number of phosphoric ester groups is 1. The molecule has 4 amide bonds. The number of aliphatic hydroxyl groups is 1. The lowest BCUT2D eigenvalue weighted by molar-refractivity contribution is 0.0479. The van der Waals surface area contributed by atoms with E-state index in [0.29, 0.717) is 81.4 Å². The summed E-state index contributed by atoms with van der Waals surface area (Å²) < 4.78 is 101. The fraction of sp³-hybridized carbons (Fsp3) is 0.543. The molecule has 2 aromatic carbocycles. The van der Waals surface area contributed by atoms with Crippen molar-refractivity contribution in [2.75, 3.05) is 60.0 Å².